The lowest BCUT2D eigenvalue weighted by Gasteiger charge is -2.12. The number of aliphatic hydroxyl groups is 1. The minimum absolute atomic E-state index is 0.0203. The topological polar surface area (TPSA) is 95.1 Å². The van der Waals surface area contributed by atoms with Crippen molar-refractivity contribution in [2.24, 2.45) is 0 Å². The molecule has 0 unspecified atom stereocenters. The molecule has 1 aromatic rings. The second-order valence-corrected chi connectivity index (χ2v) is 4.92. The first-order chi connectivity index (χ1) is 6.99. The third kappa shape index (κ3) is 3.01. The highest BCUT2D eigenvalue weighted by Crippen LogP contribution is 2.06. The van der Waals surface area contributed by atoms with Gasteiger partial charge in [0.05, 0.1) is 12.8 Å². The Labute approximate surface area is 88.8 Å². The monoisotopic (exact) mass is 233 g/mol. The average molecular weight is 233 g/mol. The van der Waals surface area contributed by atoms with E-state index in [0.717, 1.165) is 0 Å². The van der Waals surface area contributed by atoms with E-state index in [1.165, 1.54) is 6.20 Å². The van der Waals surface area contributed by atoms with Crippen molar-refractivity contribution in [3.63, 3.8) is 0 Å². The number of aryl methyl sites for hydroxylation is 1. The Morgan fingerprint density at radius 1 is 1.67 bits per heavy atom. The van der Waals surface area contributed by atoms with Crippen molar-refractivity contribution in [1.29, 1.82) is 0 Å². The fraction of sp³-hybridized carbons (Fsp3) is 0.625. The van der Waals surface area contributed by atoms with Gasteiger partial charge in [-0.3, -0.25) is 0 Å². The maximum absolute atomic E-state index is 11.7. The molecule has 0 radical (unpaired) electrons. The molecule has 1 aromatic heterocycles. The van der Waals surface area contributed by atoms with Gasteiger partial charge in [-0.15, -0.1) is 0 Å². The van der Waals surface area contributed by atoms with Crippen molar-refractivity contribution in [1.82, 2.24) is 14.7 Å². The zero-order valence-corrected chi connectivity index (χ0v) is 9.50. The van der Waals surface area contributed by atoms with Crippen LogP contribution in [-0.4, -0.2) is 36.1 Å². The van der Waals surface area contributed by atoms with Crippen molar-refractivity contribution < 1.29 is 13.5 Å². The molecule has 86 valence electrons. The molecule has 0 spiro atoms. The van der Waals surface area contributed by atoms with E-state index in [-0.39, 0.29) is 11.6 Å². The second kappa shape index (κ2) is 4.73. The van der Waals surface area contributed by atoms with Crippen LogP contribution in [0, 0.1) is 6.92 Å². The van der Waals surface area contributed by atoms with Gasteiger partial charge in [0.25, 0.3) is 10.0 Å². The molecule has 0 aliphatic carbocycles. The predicted molar refractivity (Wildman–Crippen MR) is 54.8 cm³/mol. The van der Waals surface area contributed by atoms with Crippen molar-refractivity contribution >= 4 is 10.0 Å². The highest BCUT2D eigenvalue weighted by atomic mass is 32.2. The molecule has 3 N–H and O–H groups in total. The lowest BCUT2D eigenvalue weighted by molar-refractivity contribution is 0.253. The summed E-state index contributed by atoms with van der Waals surface area (Å²) < 4.78 is 25.7. The fourth-order valence-corrected chi connectivity index (χ4v) is 2.35. The van der Waals surface area contributed by atoms with Crippen molar-refractivity contribution in [3.8, 4) is 0 Å². The summed E-state index contributed by atoms with van der Waals surface area (Å²) in [6, 6.07) is -0.460. The van der Waals surface area contributed by atoms with E-state index < -0.39 is 16.1 Å². The van der Waals surface area contributed by atoms with Crippen LogP contribution < -0.4 is 4.72 Å². The van der Waals surface area contributed by atoms with Crippen molar-refractivity contribution in [2.75, 3.05) is 6.61 Å². The first-order valence-corrected chi connectivity index (χ1v) is 6.12. The summed E-state index contributed by atoms with van der Waals surface area (Å²) >= 11 is 0. The zero-order chi connectivity index (χ0) is 11.5. The number of rotatable bonds is 5. The maximum Gasteiger partial charge on any atom is 0.257 e. The smallest absolute Gasteiger partial charge is 0.257 e. The van der Waals surface area contributed by atoms with E-state index in [2.05, 4.69) is 14.7 Å². The standard InChI is InChI=1S/C8H15N3O3S/c1-3-7(5-12)11-15(13,14)8-4-9-6(2)10-8/h4,7,11-12H,3,5H2,1-2H3,(H,9,10)/t7-/m1/s1. The van der Waals surface area contributed by atoms with Gasteiger partial charge in [0.2, 0.25) is 0 Å². The minimum Gasteiger partial charge on any atom is -0.395 e. The Morgan fingerprint density at radius 3 is 2.73 bits per heavy atom. The number of H-pyrrole nitrogens is 1. The SMILES string of the molecule is CC[C@H](CO)NS(=O)(=O)c1cnc(C)[nH]1. The van der Waals surface area contributed by atoms with E-state index in [1.807, 2.05) is 0 Å². The van der Waals surface area contributed by atoms with Crippen molar-refractivity contribution in [2.45, 2.75) is 31.3 Å². The Hall–Kier alpha value is -0.920. The summed E-state index contributed by atoms with van der Waals surface area (Å²) in [5, 5.41) is 8.91. The molecule has 0 aliphatic heterocycles. The molecule has 1 atom stereocenters. The molecular weight excluding hydrogens is 218 g/mol. The minimum atomic E-state index is -3.59. The van der Waals surface area contributed by atoms with Crippen LogP contribution in [0.4, 0.5) is 0 Å². The summed E-state index contributed by atoms with van der Waals surface area (Å²) in [6.07, 6.45) is 1.78. The van der Waals surface area contributed by atoms with Crippen LogP contribution in [0.2, 0.25) is 0 Å². The molecule has 0 aliphatic rings. The first kappa shape index (κ1) is 12.2. The lowest BCUT2D eigenvalue weighted by atomic mass is 10.3. The van der Waals surface area contributed by atoms with Gasteiger partial charge in [0, 0.05) is 6.04 Å². The van der Waals surface area contributed by atoms with Gasteiger partial charge in [-0.25, -0.2) is 18.1 Å². The predicted octanol–water partition coefficient (Wildman–Crippen LogP) is -0.233. The van der Waals surface area contributed by atoms with Crippen LogP contribution in [0.1, 0.15) is 19.2 Å². The van der Waals surface area contributed by atoms with Gasteiger partial charge >= 0.3 is 0 Å². The van der Waals surface area contributed by atoms with Gasteiger partial charge in [-0.1, -0.05) is 6.92 Å². The van der Waals surface area contributed by atoms with E-state index in [1.54, 1.807) is 13.8 Å². The summed E-state index contributed by atoms with van der Waals surface area (Å²) in [4.78, 5) is 6.43. The van der Waals surface area contributed by atoms with Crippen LogP contribution in [-0.2, 0) is 10.0 Å². The van der Waals surface area contributed by atoms with Gasteiger partial charge in [0.1, 0.15) is 5.82 Å². The number of sulfonamides is 1. The number of hydrogen-bond donors (Lipinski definition) is 3. The molecule has 0 fully saturated rings. The third-order valence-electron chi connectivity index (χ3n) is 2.00. The molecule has 0 saturated heterocycles. The number of nitrogens with zero attached hydrogens (tertiary/aromatic N) is 1. The molecule has 1 rings (SSSR count). The van der Waals surface area contributed by atoms with E-state index in [9.17, 15) is 8.42 Å². The Morgan fingerprint density at radius 2 is 2.33 bits per heavy atom. The molecule has 6 nitrogen and oxygen atoms in total. The lowest BCUT2D eigenvalue weighted by Crippen LogP contribution is -2.37. The van der Waals surface area contributed by atoms with E-state index in [4.69, 9.17) is 5.11 Å². The number of aliphatic hydroxyl groups excluding tert-OH is 1. The van der Waals surface area contributed by atoms with Crippen LogP contribution in [0.5, 0.6) is 0 Å². The average Bonchev–Trinajstić information content (AvgIpc) is 2.62. The maximum atomic E-state index is 11.7. The van der Waals surface area contributed by atoms with E-state index in [0.29, 0.717) is 12.2 Å². The summed E-state index contributed by atoms with van der Waals surface area (Å²) in [5.41, 5.74) is 0. The zero-order valence-electron chi connectivity index (χ0n) is 8.69. The second-order valence-electron chi connectivity index (χ2n) is 3.24. The molecule has 0 aromatic carbocycles. The molecule has 0 amide bonds. The summed E-state index contributed by atoms with van der Waals surface area (Å²) in [5.74, 6) is 0.535. The molecule has 0 saturated carbocycles. The van der Waals surface area contributed by atoms with Gasteiger partial charge < -0.3 is 10.1 Å². The van der Waals surface area contributed by atoms with Crippen molar-refractivity contribution in [3.05, 3.63) is 12.0 Å². The van der Waals surface area contributed by atoms with Crippen LogP contribution >= 0.6 is 0 Å². The van der Waals surface area contributed by atoms with Gasteiger partial charge in [0.15, 0.2) is 5.03 Å². The largest absolute Gasteiger partial charge is 0.395 e. The Bertz CT molecular complexity index is 409. The van der Waals surface area contributed by atoms with Gasteiger partial charge in [-0.2, -0.15) is 0 Å². The van der Waals surface area contributed by atoms with Crippen LogP contribution in [0.15, 0.2) is 11.2 Å². The van der Waals surface area contributed by atoms with E-state index >= 15 is 0 Å². The number of nitrogens with one attached hydrogen (secondary N) is 2. The quantitative estimate of drug-likeness (QED) is 0.654. The molecule has 1 heterocycles. The van der Waals surface area contributed by atoms with Gasteiger partial charge in [-0.05, 0) is 13.3 Å². The highest BCUT2D eigenvalue weighted by molar-refractivity contribution is 7.89. The summed E-state index contributed by atoms with van der Waals surface area (Å²) in [7, 11) is -3.59. The molecule has 0 bridgehead atoms. The summed E-state index contributed by atoms with van der Waals surface area (Å²) in [6.45, 7) is 3.24. The number of aromatic amines is 1. The number of imidazole rings is 1. The fourth-order valence-electron chi connectivity index (χ4n) is 1.07. The molecular formula is C8H15N3O3S. The van der Waals surface area contributed by atoms with Crippen LogP contribution in [0.25, 0.3) is 0 Å². The molecule has 15 heavy (non-hydrogen) atoms. The third-order valence-corrected chi connectivity index (χ3v) is 3.43. The first-order valence-electron chi connectivity index (χ1n) is 4.64. The Kier molecular flexibility index (Phi) is 3.83. The Balaban J connectivity index is 2.84. The highest BCUT2D eigenvalue weighted by Gasteiger charge is 2.20. The number of aromatic nitrogens is 2. The normalized spacial score (nSPS) is 14.1. The molecule has 7 heteroatoms. The number of hydrogen-bond acceptors (Lipinski definition) is 4. The van der Waals surface area contributed by atoms with Crippen LogP contribution in [0.3, 0.4) is 0 Å².